The van der Waals surface area contributed by atoms with Gasteiger partial charge in [-0.3, -0.25) is 0 Å². The molecule has 5 nitrogen and oxygen atoms in total. The molecule has 0 saturated carbocycles. The van der Waals surface area contributed by atoms with Crippen molar-refractivity contribution in [3.8, 4) is 0 Å². The van der Waals surface area contributed by atoms with Gasteiger partial charge in [0.05, 0.1) is 35.1 Å². The predicted octanol–water partition coefficient (Wildman–Crippen LogP) is 4.30. The zero-order valence-corrected chi connectivity index (χ0v) is 15.8. The van der Waals surface area contributed by atoms with Crippen molar-refractivity contribution in [3.63, 3.8) is 0 Å². The van der Waals surface area contributed by atoms with Gasteiger partial charge in [0, 0.05) is 6.61 Å². The number of fused-ring (bicyclic) bond motifs is 1. The van der Waals surface area contributed by atoms with Crippen LogP contribution in [0.3, 0.4) is 0 Å². The summed E-state index contributed by atoms with van der Waals surface area (Å²) in [5.41, 5.74) is 1.73. The average molecular weight is 365 g/mol. The van der Waals surface area contributed by atoms with Crippen LogP contribution in [-0.2, 0) is 21.9 Å². The van der Waals surface area contributed by atoms with Crippen molar-refractivity contribution in [3.05, 3.63) is 29.6 Å². The third-order valence-corrected chi connectivity index (χ3v) is 4.48. The van der Waals surface area contributed by atoms with Crippen LogP contribution >= 0.6 is 11.6 Å². The number of benzene rings is 1. The first-order chi connectivity index (χ1) is 11.9. The standard InChI is InChI=1S/C19H25ClN2O3/c1-19(2,3)25-18(23)13-7-8-15-16(10-13)22(17(11-20)21-15)12-14-6-4-5-9-24-14/h7-8,10,14H,4-6,9,11-12H2,1-3H3. The second-order valence-corrected chi connectivity index (χ2v) is 7.73. The highest BCUT2D eigenvalue weighted by Crippen LogP contribution is 2.24. The molecule has 0 radical (unpaired) electrons. The number of imidazole rings is 1. The molecule has 3 rings (SSSR count). The summed E-state index contributed by atoms with van der Waals surface area (Å²) in [7, 11) is 0. The molecule has 1 aliphatic heterocycles. The zero-order valence-electron chi connectivity index (χ0n) is 15.0. The summed E-state index contributed by atoms with van der Waals surface area (Å²) in [6, 6.07) is 5.45. The van der Waals surface area contributed by atoms with Crippen LogP contribution in [0.1, 0.15) is 56.2 Å². The number of rotatable bonds is 4. The Hall–Kier alpha value is -1.59. The highest BCUT2D eigenvalue weighted by Gasteiger charge is 2.21. The van der Waals surface area contributed by atoms with Crippen molar-refractivity contribution in [2.24, 2.45) is 0 Å². The number of hydrogen-bond donors (Lipinski definition) is 0. The first-order valence-corrected chi connectivity index (χ1v) is 9.31. The molecule has 1 unspecified atom stereocenters. The van der Waals surface area contributed by atoms with Crippen molar-refractivity contribution in [2.45, 2.75) is 64.2 Å². The first-order valence-electron chi connectivity index (χ1n) is 8.77. The Morgan fingerprint density at radius 1 is 1.40 bits per heavy atom. The van der Waals surface area contributed by atoms with Crippen molar-refractivity contribution >= 4 is 28.6 Å². The Balaban J connectivity index is 1.93. The van der Waals surface area contributed by atoms with E-state index in [4.69, 9.17) is 21.1 Å². The van der Waals surface area contributed by atoms with E-state index in [-0.39, 0.29) is 12.1 Å². The first kappa shape index (κ1) is 18.2. The van der Waals surface area contributed by atoms with Crippen LogP contribution in [0.25, 0.3) is 11.0 Å². The van der Waals surface area contributed by atoms with Crippen LogP contribution in [0, 0.1) is 0 Å². The minimum atomic E-state index is -0.524. The van der Waals surface area contributed by atoms with Gasteiger partial charge in [-0.25, -0.2) is 9.78 Å². The summed E-state index contributed by atoms with van der Waals surface area (Å²) in [5, 5.41) is 0. The van der Waals surface area contributed by atoms with E-state index in [1.807, 2.05) is 32.9 Å². The monoisotopic (exact) mass is 364 g/mol. The lowest BCUT2D eigenvalue weighted by molar-refractivity contribution is 0.00627. The van der Waals surface area contributed by atoms with Gasteiger partial charge in [0.2, 0.25) is 0 Å². The summed E-state index contributed by atoms with van der Waals surface area (Å²) >= 11 is 6.09. The fourth-order valence-electron chi connectivity index (χ4n) is 3.10. The van der Waals surface area contributed by atoms with Gasteiger partial charge in [-0.15, -0.1) is 11.6 Å². The Morgan fingerprint density at radius 2 is 2.20 bits per heavy atom. The fraction of sp³-hybridized carbons (Fsp3) is 0.579. The normalized spacial score (nSPS) is 18.5. The minimum Gasteiger partial charge on any atom is -0.456 e. The Kier molecular flexibility index (Phi) is 5.35. The van der Waals surface area contributed by atoms with Crippen molar-refractivity contribution in [1.82, 2.24) is 9.55 Å². The molecular weight excluding hydrogens is 340 g/mol. The molecule has 1 aromatic heterocycles. The van der Waals surface area contributed by atoms with Crippen LogP contribution in [0.2, 0.25) is 0 Å². The highest BCUT2D eigenvalue weighted by atomic mass is 35.5. The second kappa shape index (κ2) is 7.34. The van der Waals surface area contributed by atoms with Crippen LogP contribution in [-0.4, -0.2) is 33.8 Å². The van der Waals surface area contributed by atoms with Crippen LogP contribution in [0.4, 0.5) is 0 Å². The number of nitrogens with zero attached hydrogens (tertiary/aromatic N) is 2. The number of ether oxygens (including phenoxy) is 2. The van der Waals surface area contributed by atoms with Gasteiger partial charge in [-0.05, 0) is 58.2 Å². The van der Waals surface area contributed by atoms with Gasteiger partial charge in [0.15, 0.2) is 0 Å². The Morgan fingerprint density at radius 3 is 2.84 bits per heavy atom. The molecule has 0 N–H and O–H groups in total. The lowest BCUT2D eigenvalue weighted by Gasteiger charge is -2.24. The molecule has 1 saturated heterocycles. The van der Waals surface area contributed by atoms with Gasteiger partial charge in [-0.2, -0.15) is 0 Å². The number of esters is 1. The molecule has 0 amide bonds. The predicted molar refractivity (Wildman–Crippen MR) is 98.0 cm³/mol. The highest BCUT2D eigenvalue weighted by molar-refractivity contribution is 6.16. The molecule has 0 aliphatic carbocycles. The van der Waals surface area contributed by atoms with E-state index in [1.54, 1.807) is 6.07 Å². The molecule has 1 aromatic carbocycles. The summed E-state index contributed by atoms with van der Waals surface area (Å²) in [6.45, 7) is 7.09. The number of halogens is 1. The molecule has 2 heterocycles. The number of aromatic nitrogens is 2. The van der Waals surface area contributed by atoms with E-state index in [0.29, 0.717) is 18.0 Å². The van der Waals surface area contributed by atoms with E-state index in [1.165, 1.54) is 6.42 Å². The van der Waals surface area contributed by atoms with Crippen molar-refractivity contribution in [2.75, 3.05) is 6.61 Å². The number of carbonyl (C=O) groups is 1. The quantitative estimate of drug-likeness (QED) is 0.599. The van der Waals surface area contributed by atoms with Crippen LogP contribution in [0.5, 0.6) is 0 Å². The number of alkyl halides is 1. The summed E-state index contributed by atoms with van der Waals surface area (Å²) in [6.07, 6.45) is 3.49. The van der Waals surface area contributed by atoms with E-state index in [2.05, 4.69) is 9.55 Å². The smallest absolute Gasteiger partial charge is 0.338 e. The maximum Gasteiger partial charge on any atom is 0.338 e. The lowest BCUT2D eigenvalue weighted by atomic mass is 10.1. The second-order valence-electron chi connectivity index (χ2n) is 7.47. The van der Waals surface area contributed by atoms with E-state index >= 15 is 0 Å². The zero-order chi connectivity index (χ0) is 18.0. The topological polar surface area (TPSA) is 53.3 Å². The largest absolute Gasteiger partial charge is 0.456 e. The summed E-state index contributed by atoms with van der Waals surface area (Å²) in [5.74, 6) is 0.791. The number of carbonyl (C=O) groups excluding carboxylic acids is 1. The van der Waals surface area contributed by atoms with Crippen molar-refractivity contribution < 1.29 is 14.3 Å². The SMILES string of the molecule is CC(C)(C)OC(=O)c1ccc2nc(CCl)n(CC3CCCCO3)c2c1. The van der Waals surface area contributed by atoms with E-state index < -0.39 is 5.60 Å². The van der Waals surface area contributed by atoms with E-state index in [9.17, 15) is 4.79 Å². The van der Waals surface area contributed by atoms with Crippen LogP contribution in [0.15, 0.2) is 18.2 Å². The van der Waals surface area contributed by atoms with Gasteiger partial charge in [-0.1, -0.05) is 0 Å². The molecule has 0 spiro atoms. The Labute approximate surface area is 153 Å². The van der Waals surface area contributed by atoms with Gasteiger partial charge in [0.25, 0.3) is 0 Å². The third-order valence-electron chi connectivity index (χ3n) is 4.24. The summed E-state index contributed by atoms with van der Waals surface area (Å²) < 4.78 is 13.4. The van der Waals surface area contributed by atoms with Gasteiger partial charge < -0.3 is 14.0 Å². The third kappa shape index (κ3) is 4.33. The van der Waals surface area contributed by atoms with E-state index in [0.717, 1.165) is 36.3 Å². The minimum absolute atomic E-state index is 0.165. The van der Waals surface area contributed by atoms with Gasteiger partial charge in [0.1, 0.15) is 11.4 Å². The maximum atomic E-state index is 12.4. The molecule has 0 bridgehead atoms. The molecule has 1 fully saturated rings. The Bertz CT molecular complexity index is 758. The molecule has 25 heavy (non-hydrogen) atoms. The molecule has 6 heteroatoms. The van der Waals surface area contributed by atoms with Crippen molar-refractivity contribution in [1.29, 1.82) is 0 Å². The van der Waals surface area contributed by atoms with Crippen LogP contribution < -0.4 is 0 Å². The molecule has 136 valence electrons. The molecule has 1 atom stereocenters. The maximum absolute atomic E-state index is 12.4. The molecular formula is C19H25ClN2O3. The number of hydrogen-bond acceptors (Lipinski definition) is 4. The fourth-order valence-corrected chi connectivity index (χ4v) is 3.30. The molecule has 1 aliphatic rings. The average Bonchev–Trinajstić information content (AvgIpc) is 2.91. The molecule has 2 aromatic rings. The van der Waals surface area contributed by atoms with Gasteiger partial charge >= 0.3 is 5.97 Å². The lowest BCUT2D eigenvalue weighted by Crippen LogP contribution is -2.25. The summed E-state index contributed by atoms with van der Waals surface area (Å²) in [4.78, 5) is 17.0.